The monoisotopic (exact) mass is 313 g/mol. The number of carbonyl (C=O) groups excluding carboxylic acids is 2. The number of nitriles is 1. The van der Waals surface area contributed by atoms with E-state index in [-0.39, 0.29) is 22.7 Å². The molecule has 0 bridgehead atoms. The highest BCUT2D eigenvalue weighted by Gasteiger charge is 2.49. The van der Waals surface area contributed by atoms with Gasteiger partial charge in [0.1, 0.15) is 11.8 Å². The second-order valence-electron chi connectivity index (χ2n) is 7.16. The Morgan fingerprint density at radius 1 is 1.48 bits per heavy atom. The number of allylic oxidation sites excluding steroid dienone is 1. The summed E-state index contributed by atoms with van der Waals surface area (Å²) in [5.41, 5.74) is -0.343. The van der Waals surface area contributed by atoms with Crippen LogP contribution in [0.5, 0.6) is 0 Å². The van der Waals surface area contributed by atoms with Crippen LogP contribution in [0.4, 0.5) is 0 Å². The molecule has 2 aliphatic rings. The van der Waals surface area contributed by atoms with Crippen LogP contribution in [0.25, 0.3) is 0 Å². The van der Waals surface area contributed by atoms with Crippen LogP contribution < -0.4 is 0 Å². The lowest BCUT2D eigenvalue weighted by atomic mass is 9.64. The zero-order chi connectivity index (χ0) is 16.8. The van der Waals surface area contributed by atoms with Gasteiger partial charge < -0.3 is 9.32 Å². The van der Waals surface area contributed by atoms with Crippen molar-refractivity contribution in [3.8, 4) is 6.07 Å². The molecule has 0 radical (unpaired) electrons. The van der Waals surface area contributed by atoms with Gasteiger partial charge in [-0.25, -0.2) is 4.98 Å². The Morgan fingerprint density at radius 2 is 2.22 bits per heavy atom. The van der Waals surface area contributed by atoms with Crippen molar-refractivity contribution < 1.29 is 14.0 Å². The Hall–Kier alpha value is -2.42. The maximum atomic E-state index is 12.6. The Morgan fingerprint density at radius 3 is 2.83 bits per heavy atom. The molecule has 2 heterocycles. The third-order valence-corrected chi connectivity index (χ3v) is 4.84. The number of Topliss-reactive ketones (excluding diaryl/α,β-unsaturated/α-hetero) is 1. The number of amides is 1. The molecule has 1 amide bonds. The fourth-order valence-corrected chi connectivity index (χ4v) is 3.82. The lowest BCUT2D eigenvalue weighted by Crippen LogP contribution is -2.40. The van der Waals surface area contributed by atoms with E-state index in [9.17, 15) is 14.9 Å². The molecule has 0 N–H and O–H groups in total. The van der Waals surface area contributed by atoms with E-state index >= 15 is 0 Å². The molecule has 0 saturated carbocycles. The van der Waals surface area contributed by atoms with Crippen LogP contribution in [-0.2, 0) is 4.79 Å². The Balaban J connectivity index is 1.88. The average molecular weight is 313 g/mol. The minimum absolute atomic E-state index is 0.109. The van der Waals surface area contributed by atoms with E-state index in [4.69, 9.17) is 4.42 Å². The number of carbonyl (C=O) groups is 2. The largest absolute Gasteiger partial charge is 0.448 e. The molecule has 23 heavy (non-hydrogen) atoms. The van der Waals surface area contributed by atoms with Crippen molar-refractivity contribution in [2.75, 3.05) is 13.1 Å². The van der Waals surface area contributed by atoms with Crippen LogP contribution in [-0.4, -0.2) is 34.7 Å². The summed E-state index contributed by atoms with van der Waals surface area (Å²) in [6.45, 7) is 6.54. The van der Waals surface area contributed by atoms with Crippen LogP contribution >= 0.6 is 0 Å². The molecule has 1 aliphatic heterocycles. The SMILES string of the molecule is Cc1ocnc1C(=O)N1CC[C@]2(C=C(C#N)C(=O)C(C)(C)C2)C1. The average Bonchev–Trinajstić information content (AvgIpc) is 3.09. The first kappa shape index (κ1) is 15.5. The molecule has 1 aromatic heterocycles. The third kappa shape index (κ3) is 2.46. The van der Waals surface area contributed by atoms with Crippen LogP contribution in [0.2, 0.25) is 0 Å². The summed E-state index contributed by atoms with van der Waals surface area (Å²) >= 11 is 0. The highest BCUT2D eigenvalue weighted by Crippen LogP contribution is 2.48. The van der Waals surface area contributed by atoms with E-state index in [2.05, 4.69) is 4.98 Å². The quantitative estimate of drug-likeness (QED) is 0.793. The smallest absolute Gasteiger partial charge is 0.276 e. The standard InChI is InChI=1S/C17H19N3O3/c1-11-13(19-10-23-11)15(22)20-5-4-17(9-20)6-12(7-18)14(21)16(2,3)8-17/h6,10H,4-5,8-9H2,1-3H3/t17-/m1/s1. The molecule has 120 valence electrons. The molecule has 0 unspecified atom stereocenters. The molecule has 1 atom stereocenters. The van der Waals surface area contributed by atoms with Crippen LogP contribution in [0, 0.1) is 29.1 Å². The van der Waals surface area contributed by atoms with Gasteiger partial charge in [-0.1, -0.05) is 19.9 Å². The predicted molar refractivity (Wildman–Crippen MR) is 81.3 cm³/mol. The number of nitrogens with zero attached hydrogens (tertiary/aromatic N) is 3. The van der Waals surface area contributed by atoms with E-state index in [1.807, 2.05) is 19.9 Å². The van der Waals surface area contributed by atoms with Gasteiger partial charge in [-0.05, 0) is 19.8 Å². The summed E-state index contributed by atoms with van der Waals surface area (Å²) in [6.07, 6.45) is 4.44. The zero-order valence-corrected chi connectivity index (χ0v) is 13.5. The summed E-state index contributed by atoms with van der Waals surface area (Å²) in [7, 11) is 0. The van der Waals surface area contributed by atoms with E-state index in [0.717, 1.165) is 6.42 Å². The molecule has 6 nitrogen and oxygen atoms in total. The molecule has 1 saturated heterocycles. The summed E-state index contributed by atoms with van der Waals surface area (Å²) < 4.78 is 5.11. The Bertz CT molecular complexity index is 753. The first-order chi connectivity index (χ1) is 10.8. The minimum atomic E-state index is -0.581. The van der Waals surface area contributed by atoms with Crippen LogP contribution in [0.1, 0.15) is 42.9 Å². The van der Waals surface area contributed by atoms with Gasteiger partial charge in [-0.15, -0.1) is 0 Å². The number of rotatable bonds is 1. The topological polar surface area (TPSA) is 87.2 Å². The Labute approximate surface area is 134 Å². The first-order valence-electron chi connectivity index (χ1n) is 7.65. The molecular weight excluding hydrogens is 294 g/mol. The van der Waals surface area contributed by atoms with Crippen molar-refractivity contribution in [3.63, 3.8) is 0 Å². The van der Waals surface area contributed by atoms with Gasteiger partial charge in [-0.2, -0.15) is 5.26 Å². The maximum Gasteiger partial charge on any atom is 0.276 e. The van der Waals surface area contributed by atoms with Gasteiger partial charge in [0.15, 0.2) is 17.9 Å². The number of ketones is 1. The molecule has 1 spiro atoms. The van der Waals surface area contributed by atoms with Crippen molar-refractivity contribution >= 4 is 11.7 Å². The Kier molecular flexibility index (Phi) is 3.40. The van der Waals surface area contributed by atoms with Gasteiger partial charge in [-0.3, -0.25) is 9.59 Å². The first-order valence-corrected chi connectivity index (χ1v) is 7.65. The fraction of sp³-hybridized carbons (Fsp3) is 0.529. The summed E-state index contributed by atoms with van der Waals surface area (Å²) in [6, 6.07) is 2.02. The highest BCUT2D eigenvalue weighted by molar-refractivity contribution is 6.03. The third-order valence-electron chi connectivity index (χ3n) is 4.84. The van der Waals surface area contributed by atoms with Gasteiger partial charge in [0.25, 0.3) is 5.91 Å². The van der Waals surface area contributed by atoms with Crippen molar-refractivity contribution in [2.24, 2.45) is 10.8 Å². The van der Waals surface area contributed by atoms with Crippen molar-refractivity contribution in [2.45, 2.75) is 33.6 Å². The number of aromatic nitrogens is 1. The molecule has 6 heteroatoms. The van der Waals surface area contributed by atoms with Crippen LogP contribution in [0.3, 0.4) is 0 Å². The van der Waals surface area contributed by atoms with Crippen molar-refractivity contribution in [1.29, 1.82) is 5.26 Å². The number of aryl methyl sites for hydroxylation is 1. The second kappa shape index (κ2) is 5.05. The summed E-state index contributed by atoms with van der Waals surface area (Å²) in [5, 5.41) is 9.26. The highest BCUT2D eigenvalue weighted by atomic mass is 16.3. The second-order valence-corrected chi connectivity index (χ2v) is 7.16. The lowest BCUT2D eigenvalue weighted by Gasteiger charge is -2.38. The molecule has 1 aromatic rings. The van der Waals surface area contributed by atoms with Gasteiger partial charge in [0, 0.05) is 23.9 Å². The van der Waals surface area contributed by atoms with E-state index < -0.39 is 5.41 Å². The van der Waals surface area contributed by atoms with Crippen molar-refractivity contribution in [1.82, 2.24) is 9.88 Å². The van der Waals surface area contributed by atoms with Gasteiger partial charge in [0.2, 0.25) is 0 Å². The number of likely N-dealkylation sites (tertiary alicyclic amines) is 1. The van der Waals surface area contributed by atoms with E-state index in [0.29, 0.717) is 31.0 Å². The normalized spacial score (nSPS) is 26.3. The summed E-state index contributed by atoms with van der Waals surface area (Å²) in [4.78, 5) is 30.6. The van der Waals surface area contributed by atoms with Gasteiger partial charge in [0.05, 0.1) is 5.57 Å². The van der Waals surface area contributed by atoms with Gasteiger partial charge >= 0.3 is 0 Å². The molecule has 0 aromatic carbocycles. The molecule has 3 rings (SSSR count). The molecular formula is C17H19N3O3. The minimum Gasteiger partial charge on any atom is -0.448 e. The molecule has 1 fully saturated rings. The summed E-state index contributed by atoms with van der Waals surface area (Å²) in [5.74, 6) is 0.237. The molecule has 1 aliphatic carbocycles. The number of hydrogen-bond acceptors (Lipinski definition) is 5. The number of oxazole rings is 1. The van der Waals surface area contributed by atoms with Crippen molar-refractivity contribution in [3.05, 3.63) is 29.5 Å². The number of hydrogen-bond donors (Lipinski definition) is 0. The van der Waals surface area contributed by atoms with Crippen LogP contribution in [0.15, 0.2) is 22.5 Å². The zero-order valence-electron chi connectivity index (χ0n) is 13.5. The maximum absolute atomic E-state index is 12.6. The van der Waals surface area contributed by atoms with E-state index in [1.54, 1.807) is 17.9 Å². The fourth-order valence-electron chi connectivity index (χ4n) is 3.82. The predicted octanol–water partition coefficient (Wildman–Crippen LogP) is 2.26. The van der Waals surface area contributed by atoms with E-state index in [1.165, 1.54) is 6.39 Å². The lowest BCUT2D eigenvalue weighted by molar-refractivity contribution is -0.125.